The molecule has 34 heavy (non-hydrogen) atoms. The fourth-order valence-corrected chi connectivity index (χ4v) is 4.08. The Kier molecular flexibility index (Phi) is 5.33. The normalized spacial score (nSPS) is 11.1. The number of anilines is 1. The highest BCUT2D eigenvalue weighted by Gasteiger charge is 2.19. The molecule has 0 saturated carbocycles. The van der Waals surface area contributed by atoms with E-state index in [2.05, 4.69) is 46.1 Å². The molecule has 0 radical (unpaired) electrons. The van der Waals surface area contributed by atoms with Crippen molar-refractivity contribution in [2.75, 3.05) is 5.32 Å². The molecule has 1 aromatic carbocycles. The molecule has 0 aliphatic rings. The summed E-state index contributed by atoms with van der Waals surface area (Å²) in [5, 5.41) is 12.6. The van der Waals surface area contributed by atoms with E-state index >= 15 is 0 Å². The molecule has 0 bridgehead atoms. The van der Waals surface area contributed by atoms with Crippen LogP contribution in [0, 0.1) is 6.92 Å². The number of hydrogen-bond donors (Lipinski definition) is 2. The van der Waals surface area contributed by atoms with Crippen LogP contribution in [0.2, 0.25) is 0 Å². The number of H-pyrrole nitrogens is 1. The van der Waals surface area contributed by atoms with Gasteiger partial charge in [0.2, 0.25) is 5.91 Å². The maximum absolute atomic E-state index is 12.0. The number of aromatic nitrogens is 6. The lowest BCUT2D eigenvalue weighted by Gasteiger charge is -2.11. The smallest absolute Gasteiger partial charge is 0.247 e. The predicted molar refractivity (Wildman–Crippen MR) is 138 cm³/mol. The molecule has 174 valence electrons. The minimum atomic E-state index is -0.247. The van der Waals surface area contributed by atoms with Gasteiger partial charge in [-0.2, -0.15) is 10.2 Å². The van der Waals surface area contributed by atoms with Crippen molar-refractivity contribution in [3.05, 3.63) is 73.5 Å². The lowest BCUT2D eigenvalue weighted by Crippen LogP contribution is -2.08. The summed E-state index contributed by atoms with van der Waals surface area (Å²) >= 11 is 0. The number of hydrogen-bond acceptors (Lipinski definition) is 4. The van der Waals surface area contributed by atoms with Gasteiger partial charge in [0.05, 0.1) is 18.1 Å². The second kappa shape index (κ2) is 8.47. The molecular weight excluding hydrogens is 426 g/mol. The number of nitrogens with zero attached hydrogens (tertiary/aromatic N) is 5. The van der Waals surface area contributed by atoms with Gasteiger partial charge in [-0.25, -0.2) is 4.98 Å². The Morgan fingerprint density at radius 3 is 2.65 bits per heavy atom. The Morgan fingerprint density at radius 2 is 1.94 bits per heavy atom. The largest absolute Gasteiger partial charge is 0.339 e. The first kappa shape index (κ1) is 21.4. The number of carbonyl (C=O) groups excluding carboxylic acids is 1. The van der Waals surface area contributed by atoms with Gasteiger partial charge in [-0.3, -0.25) is 14.2 Å². The molecule has 4 aromatic heterocycles. The third-order valence-electron chi connectivity index (χ3n) is 5.90. The number of fused-ring (bicyclic) bond motifs is 1. The van der Waals surface area contributed by atoms with Gasteiger partial charge in [-0.1, -0.05) is 18.7 Å². The first-order chi connectivity index (χ1) is 16.5. The first-order valence-corrected chi connectivity index (χ1v) is 11.0. The molecule has 8 nitrogen and oxygen atoms in total. The number of benzene rings is 1. The van der Waals surface area contributed by atoms with Crippen molar-refractivity contribution in [3.63, 3.8) is 0 Å². The molecule has 0 unspecified atom stereocenters. The highest BCUT2D eigenvalue weighted by molar-refractivity contribution is 6.05. The average molecular weight is 456 g/mol. The van der Waals surface area contributed by atoms with Crippen molar-refractivity contribution in [2.45, 2.75) is 20.4 Å². The Hall–Kier alpha value is -4.46. The Balaban J connectivity index is 0.00000180. The van der Waals surface area contributed by atoms with Gasteiger partial charge >= 0.3 is 0 Å². The average Bonchev–Trinajstić information content (AvgIpc) is 3.57. The molecule has 0 atom stereocenters. The fraction of sp³-hybridized carbons (Fsp3) is 0.154. The third-order valence-corrected chi connectivity index (χ3v) is 5.90. The van der Waals surface area contributed by atoms with Crippen LogP contribution in [0.15, 0.2) is 67.9 Å². The SMILES string of the molecule is C=CC(=O)Nc1cc(-c2c(-c3cnn(C)c3)[nH]c3ncc(-c4cnn(CC)c4)cc23)ccc1C.[HH].[HH]. The Bertz CT molecular complexity index is 1550. The van der Waals surface area contributed by atoms with E-state index < -0.39 is 0 Å². The summed E-state index contributed by atoms with van der Waals surface area (Å²) < 4.78 is 3.67. The van der Waals surface area contributed by atoms with Crippen molar-refractivity contribution < 1.29 is 7.65 Å². The van der Waals surface area contributed by atoms with Crippen LogP contribution in [0.4, 0.5) is 5.69 Å². The minimum Gasteiger partial charge on any atom is -0.339 e. The second-order valence-corrected chi connectivity index (χ2v) is 8.21. The summed E-state index contributed by atoms with van der Waals surface area (Å²) in [6.07, 6.45) is 10.8. The Morgan fingerprint density at radius 1 is 1.12 bits per heavy atom. The first-order valence-electron chi connectivity index (χ1n) is 11.0. The van der Waals surface area contributed by atoms with Crippen LogP contribution in [-0.2, 0) is 18.4 Å². The number of aryl methyl sites for hydroxylation is 3. The van der Waals surface area contributed by atoms with Gasteiger partial charge in [0.15, 0.2) is 0 Å². The van der Waals surface area contributed by atoms with Crippen LogP contribution in [0.5, 0.6) is 0 Å². The van der Waals surface area contributed by atoms with Gasteiger partial charge in [-0.05, 0) is 43.2 Å². The number of carbonyl (C=O) groups is 1. The molecule has 0 fully saturated rings. The molecule has 1 amide bonds. The van der Waals surface area contributed by atoms with Crippen LogP contribution < -0.4 is 5.32 Å². The minimum absolute atomic E-state index is 0. The lowest BCUT2D eigenvalue weighted by molar-refractivity contribution is -0.111. The molecule has 0 saturated heterocycles. The number of rotatable bonds is 6. The monoisotopic (exact) mass is 455 g/mol. The fourth-order valence-electron chi connectivity index (χ4n) is 4.08. The van der Waals surface area contributed by atoms with Gasteiger partial charge < -0.3 is 10.3 Å². The Labute approximate surface area is 199 Å². The van der Waals surface area contributed by atoms with Gasteiger partial charge in [0.1, 0.15) is 5.65 Å². The van der Waals surface area contributed by atoms with E-state index in [1.165, 1.54) is 6.08 Å². The van der Waals surface area contributed by atoms with Crippen molar-refractivity contribution in [1.29, 1.82) is 0 Å². The summed E-state index contributed by atoms with van der Waals surface area (Å²) in [7, 11) is 1.89. The summed E-state index contributed by atoms with van der Waals surface area (Å²) in [6, 6.07) is 8.18. The van der Waals surface area contributed by atoms with E-state index in [0.29, 0.717) is 0 Å². The van der Waals surface area contributed by atoms with Crippen LogP contribution in [0.1, 0.15) is 15.3 Å². The molecule has 2 N–H and O–H groups in total. The highest BCUT2D eigenvalue weighted by atomic mass is 16.1. The maximum atomic E-state index is 12.0. The molecule has 0 spiro atoms. The van der Waals surface area contributed by atoms with Crippen molar-refractivity contribution in [2.24, 2.45) is 7.05 Å². The van der Waals surface area contributed by atoms with Crippen molar-refractivity contribution >= 4 is 22.6 Å². The number of amides is 1. The lowest BCUT2D eigenvalue weighted by atomic mass is 9.97. The third kappa shape index (κ3) is 3.79. The molecule has 4 heterocycles. The standard InChI is InChI=1S/C26H25N7O.2H2/c1-5-23(34)30-22-10-17(8-7-16(22)3)24-21-9-18(19-12-29-33(6-2)15-19)11-27-26(21)31-25(24)20-13-28-32(4)14-20;;/h5,7-15H,1,6H2,2-4H3,(H,27,31)(H,30,34);2*1H. The van der Waals surface area contributed by atoms with E-state index in [1.54, 1.807) is 4.68 Å². The maximum Gasteiger partial charge on any atom is 0.247 e. The van der Waals surface area contributed by atoms with E-state index in [1.807, 2.05) is 61.8 Å². The second-order valence-electron chi connectivity index (χ2n) is 8.21. The van der Waals surface area contributed by atoms with Gasteiger partial charge in [0, 0.05) is 68.4 Å². The molecular formula is C26H29N7O. The quantitative estimate of drug-likeness (QED) is 0.334. The molecule has 0 aliphatic carbocycles. The van der Waals surface area contributed by atoms with Crippen LogP contribution in [0.3, 0.4) is 0 Å². The van der Waals surface area contributed by atoms with E-state index in [0.717, 1.165) is 62.3 Å². The topological polar surface area (TPSA) is 93.4 Å². The van der Waals surface area contributed by atoms with E-state index in [4.69, 9.17) is 4.98 Å². The highest BCUT2D eigenvalue weighted by Crippen LogP contribution is 2.40. The molecule has 5 rings (SSSR count). The number of pyridine rings is 1. The van der Waals surface area contributed by atoms with Gasteiger partial charge in [-0.15, -0.1) is 0 Å². The predicted octanol–water partition coefficient (Wildman–Crippen LogP) is 5.44. The summed E-state index contributed by atoms with van der Waals surface area (Å²) in [6.45, 7) is 8.39. The summed E-state index contributed by atoms with van der Waals surface area (Å²) in [5.74, 6) is -0.247. The zero-order chi connectivity index (χ0) is 23.8. The number of nitrogens with one attached hydrogen (secondary N) is 2. The summed E-state index contributed by atoms with van der Waals surface area (Å²) in [4.78, 5) is 20.2. The molecule has 0 aliphatic heterocycles. The van der Waals surface area contributed by atoms with Crippen LogP contribution in [0.25, 0.3) is 44.5 Å². The molecule has 5 aromatic rings. The summed E-state index contributed by atoms with van der Waals surface area (Å²) in [5.41, 5.74) is 8.29. The zero-order valence-corrected chi connectivity index (χ0v) is 19.3. The van der Waals surface area contributed by atoms with Crippen LogP contribution >= 0.6 is 0 Å². The number of aromatic amines is 1. The van der Waals surface area contributed by atoms with E-state index in [-0.39, 0.29) is 8.76 Å². The van der Waals surface area contributed by atoms with Gasteiger partial charge in [0.25, 0.3) is 0 Å². The van der Waals surface area contributed by atoms with Crippen molar-refractivity contribution in [1.82, 2.24) is 29.5 Å². The van der Waals surface area contributed by atoms with Crippen LogP contribution in [-0.4, -0.2) is 35.4 Å². The molecule has 8 heteroatoms. The van der Waals surface area contributed by atoms with E-state index in [9.17, 15) is 4.79 Å². The zero-order valence-electron chi connectivity index (χ0n) is 19.3. The van der Waals surface area contributed by atoms with Crippen molar-refractivity contribution in [3.8, 4) is 33.5 Å².